The van der Waals surface area contributed by atoms with E-state index < -0.39 is 11.6 Å². The van der Waals surface area contributed by atoms with Crippen molar-refractivity contribution >= 4 is 11.4 Å². The Hall–Kier alpha value is -3.35. The van der Waals surface area contributed by atoms with Gasteiger partial charge in [0.15, 0.2) is 11.6 Å². The molecule has 3 aromatic rings. The number of anilines is 2. The van der Waals surface area contributed by atoms with Gasteiger partial charge in [0.05, 0.1) is 25.1 Å². The number of piperazine rings is 1. The maximum absolute atomic E-state index is 13.6. The lowest BCUT2D eigenvalue weighted by atomic mass is 10.1. The number of aromatic nitrogens is 1. The molecule has 0 saturated carbocycles. The lowest BCUT2D eigenvalue weighted by Crippen LogP contribution is -2.46. The van der Waals surface area contributed by atoms with Gasteiger partial charge in [0.25, 0.3) is 0 Å². The second-order valence-electron chi connectivity index (χ2n) is 7.25. The van der Waals surface area contributed by atoms with Crippen LogP contribution in [0.1, 0.15) is 6.92 Å². The van der Waals surface area contributed by atoms with Gasteiger partial charge in [0.2, 0.25) is 5.88 Å². The van der Waals surface area contributed by atoms with Crippen molar-refractivity contribution in [3.8, 4) is 22.9 Å². The Bertz CT molecular complexity index is 1040. The number of ether oxygens (including phenoxy) is 2. The quantitative estimate of drug-likeness (QED) is 0.569. The summed E-state index contributed by atoms with van der Waals surface area (Å²) in [6.07, 6.45) is 0. The first-order valence-electron chi connectivity index (χ1n) is 10.3. The van der Waals surface area contributed by atoms with Crippen molar-refractivity contribution in [1.82, 2.24) is 4.98 Å². The summed E-state index contributed by atoms with van der Waals surface area (Å²) in [6.45, 7) is 5.42. The van der Waals surface area contributed by atoms with Gasteiger partial charge in [-0.05, 0) is 49.4 Å². The van der Waals surface area contributed by atoms with Crippen LogP contribution in [-0.4, -0.2) is 44.9 Å². The van der Waals surface area contributed by atoms with E-state index in [2.05, 4.69) is 9.80 Å². The van der Waals surface area contributed by atoms with Crippen LogP contribution in [0.25, 0.3) is 11.3 Å². The van der Waals surface area contributed by atoms with Gasteiger partial charge in [-0.3, -0.25) is 0 Å². The molecule has 2 aromatic carbocycles. The van der Waals surface area contributed by atoms with E-state index in [1.54, 1.807) is 13.2 Å². The number of halogens is 2. The molecule has 1 aliphatic heterocycles. The summed E-state index contributed by atoms with van der Waals surface area (Å²) in [5.41, 5.74) is 3.51. The molecule has 162 valence electrons. The van der Waals surface area contributed by atoms with Gasteiger partial charge in [0, 0.05) is 49.6 Å². The lowest BCUT2D eigenvalue weighted by Gasteiger charge is -2.38. The average molecular weight is 425 g/mol. The van der Waals surface area contributed by atoms with E-state index in [0.29, 0.717) is 31.3 Å². The molecule has 0 radical (unpaired) electrons. The Morgan fingerprint density at radius 1 is 0.871 bits per heavy atom. The highest BCUT2D eigenvalue weighted by Crippen LogP contribution is 2.33. The van der Waals surface area contributed by atoms with Crippen LogP contribution in [0.15, 0.2) is 54.6 Å². The number of benzene rings is 2. The van der Waals surface area contributed by atoms with E-state index in [0.717, 1.165) is 35.8 Å². The summed E-state index contributed by atoms with van der Waals surface area (Å²) in [4.78, 5) is 9.02. The van der Waals surface area contributed by atoms with Crippen LogP contribution in [0.2, 0.25) is 0 Å². The molecule has 1 aliphatic rings. The van der Waals surface area contributed by atoms with Crippen molar-refractivity contribution in [2.24, 2.45) is 0 Å². The number of nitrogens with zero attached hydrogens (tertiary/aromatic N) is 3. The second kappa shape index (κ2) is 9.20. The summed E-state index contributed by atoms with van der Waals surface area (Å²) in [6, 6.07) is 15.8. The predicted molar refractivity (Wildman–Crippen MR) is 118 cm³/mol. The third kappa shape index (κ3) is 4.55. The van der Waals surface area contributed by atoms with Gasteiger partial charge >= 0.3 is 0 Å². The SMILES string of the molecule is CCOc1ccc(-c2nc(OC)ccc2N2CCN(c3ccc(F)c(F)c3)CC2)cc1. The maximum atomic E-state index is 13.6. The fraction of sp³-hybridized carbons (Fsp3) is 0.292. The molecular weight excluding hydrogens is 400 g/mol. The number of pyridine rings is 1. The Balaban J connectivity index is 1.56. The highest BCUT2D eigenvalue weighted by atomic mass is 19.2. The normalized spacial score (nSPS) is 13.9. The van der Waals surface area contributed by atoms with E-state index in [1.165, 1.54) is 12.1 Å². The zero-order chi connectivity index (χ0) is 21.8. The average Bonchev–Trinajstić information content (AvgIpc) is 2.81. The Morgan fingerprint density at radius 3 is 2.23 bits per heavy atom. The Labute approximate surface area is 180 Å². The molecule has 0 atom stereocenters. The largest absolute Gasteiger partial charge is 0.494 e. The highest BCUT2D eigenvalue weighted by Gasteiger charge is 2.22. The third-order valence-electron chi connectivity index (χ3n) is 5.38. The summed E-state index contributed by atoms with van der Waals surface area (Å²) in [5, 5.41) is 0. The summed E-state index contributed by atoms with van der Waals surface area (Å²) in [5.74, 6) is -0.285. The highest BCUT2D eigenvalue weighted by molar-refractivity contribution is 5.76. The van der Waals surface area contributed by atoms with Crippen LogP contribution in [0.5, 0.6) is 11.6 Å². The Morgan fingerprint density at radius 2 is 1.58 bits per heavy atom. The first kappa shape index (κ1) is 20.9. The molecular formula is C24H25F2N3O2. The molecule has 5 nitrogen and oxygen atoms in total. The first-order chi connectivity index (χ1) is 15.1. The van der Waals surface area contributed by atoms with E-state index in [9.17, 15) is 8.78 Å². The Kier molecular flexibility index (Phi) is 6.21. The predicted octanol–water partition coefficient (Wildman–Crippen LogP) is 4.76. The monoisotopic (exact) mass is 425 g/mol. The van der Waals surface area contributed by atoms with Gasteiger partial charge in [-0.25, -0.2) is 13.8 Å². The summed E-state index contributed by atoms with van der Waals surface area (Å²) >= 11 is 0. The number of rotatable bonds is 6. The number of hydrogen-bond acceptors (Lipinski definition) is 5. The van der Waals surface area contributed by atoms with Crippen molar-refractivity contribution < 1.29 is 18.3 Å². The molecule has 0 N–H and O–H groups in total. The molecule has 1 fully saturated rings. The fourth-order valence-electron chi connectivity index (χ4n) is 3.78. The molecule has 0 amide bonds. The minimum Gasteiger partial charge on any atom is -0.494 e. The summed E-state index contributed by atoms with van der Waals surface area (Å²) < 4.78 is 37.8. The van der Waals surface area contributed by atoms with Gasteiger partial charge in [0.1, 0.15) is 5.75 Å². The number of methoxy groups -OCH3 is 1. The molecule has 7 heteroatoms. The van der Waals surface area contributed by atoms with Crippen molar-refractivity contribution in [2.45, 2.75) is 6.92 Å². The molecule has 4 rings (SSSR count). The maximum Gasteiger partial charge on any atom is 0.213 e. The number of hydrogen-bond donors (Lipinski definition) is 0. The fourth-order valence-corrected chi connectivity index (χ4v) is 3.78. The van der Waals surface area contributed by atoms with Gasteiger partial charge in [-0.2, -0.15) is 0 Å². The van der Waals surface area contributed by atoms with Gasteiger partial charge in [-0.1, -0.05) is 0 Å². The molecule has 1 saturated heterocycles. The zero-order valence-electron chi connectivity index (χ0n) is 17.6. The van der Waals surface area contributed by atoms with E-state index >= 15 is 0 Å². The van der Waals surface area contributed by atoms with E-state index in [-0.39, 0.29) is 0 Å². The molecule has 0 aliphatic carbocycles. The van der Waals surface area contributed by atoms with Crippen molar-refractivity contribution in [1.29, 1.82) is 0 Å². The molecule has 0 spiro atoms. The van der Waals surface area contributed by atoms with Gasteiger partial charge < -0.3 is 19.3 Å². The van der Waals surface area contributed by atoms with Crippen molar-refractivity contribution in [3.63, 3.8) is 0 Å². The first-order valence-corrected chi connectivity index (χ1v) is 10.3. The molecule has 31 heavy (non-hydrogen) atoms. The van der Waals surface area contributed by atoms with Crippen LogP contribution in [-0.2, 0) is 0 Å². The smallest absolute Gasteiger partial charge is 0.213 e. The van der Waals surface area contributed by atoms with E-state index in [1.807, 2.05) is 43.3 Å². The summed E-state index contributed by atoms with van der Waals surface area (Å²) in [7, 11) is 1.60. The van der Waals surface area contributed by atoms with Crippen LogP contribution in [0.3, 0.4) is 0 Å². The molecule has 0 bridgehead atoms. The zero-order valence-corrected chi connectivity index (χ0v) is 17.6. The van der Waals surface area contributed by atoms with E-state index in [4.69, 9.17) is 14.5 Å². The van der Waals surface area contributed by atoms with Crippen LogP contribution < -0.4 is 19.3 Å². The molecule has 0 unspecified atom stereocenters. The van der Waals surface area contributed by atoms with Crippen LogP contribution in [0.4, 0.5) is 20.2 Å². The minimum absolute atomic E-state index is 0.549. The lowest BCUT2D eigenvalue weighted by molar-refractivity contribution is 0.340. The third-order valence-corrected chi connectivity index (χ3v) is 5.38. The van der Waals surface area contributed by atoms with Crippen molar-refractivity contribution in [2.75, 3.05) is 49.7 Å². The second-order valence-corrected chi connectivity index (χ2v) is 7.25. The van der Waals surface area contributed by atoms with Crippen LogP contribution >= 0.6 is 0 Å². The van der Waals surface area contributed by atoms with Crippen LogP contribution in [0, 0.1) is 11.6 Å². The molecule has 1 aromatic heterocycles. The van der Waals surface area contributed by atoms with Gasteiger partial charge in [-0.15, -0.1) is 0 Å². The topological polar surface area (TPSA) is 37.8 Å². The van der Waals surface area contributed by atoms with Crippen molar-refractivity contribution in [3.05, 3.63) is 66.2 Å². The molecule has 2 heterocycles. The standard InChI is InChI=1S/C24H25F2N3O2/c1-3-31-19-7-4-17(5-8-19)24-22(10-11-23(27-24)30-2)29-14-12-28(13-15-29)18-6-9-20(25)21(26)16-18/h4-11,16H,3,12-15H2,1-2H3. The minimum atomic E-state index is -0.827.